The van der Waals surface area contributed by atoms with Crippen LogP contribution in [0.25, 0.3) is 0 Å². The predicted octanol–water partition coefficient (Wildman–Crippen LogP) is 4.34. The zero-order valence-electron chi connectivity index (χ0n) is 19.5. The Balaban J connectivity index is 1.90. The summed E-state index contributed by atoms with van der Waals surface area (Å²) in [6.07, 6.45) is 5.05. The molecule has 0 radical (unpaired) electrons. The maximum absolute atomic E-state index is 12.6. The van der Waals surface area contributed by atoms with E-state index in [0.29, 0.717) is 30.3 Å². The van der Waals surface area contributed by atoms with Gasteiger partial charge in [-0.3, -0.25) is 0 Å². The molecule has 1 aromatic carbocycles. The summed E-state index contributed by atoms with van der Waals surface area (Å²) in [7, 11) is -1.97. The molecule has 0 aliphatic heterocycles. The molecular formula is C23H38N2O5S. The molecule has 1 fully saturated rings. The van der Waals surface area contributed by atoms with Gasteiger partial charge >= 0.3 is 5.97 Å². The summed E-state index contributed by atoms with van der Waals surface area (Å²) in [4.78, 5) is 12.0. The number of hydrogen-bond acceptors (Lipinski definition) is 6. The minimum Gasteiger partial charge on any atom is -0.493 e. The monoisotopic (exact) mass is 454 g/mol. The molecule has 0 heterocycles. The Kier molecular flexibility index (Phi) is 9.18. The highest BCUT2D eigenvalue weighted by Crippen LogP contribution is 2.29. The Labute approximate surface area is 187 Å². The highest BCUT2D eigenvalue weighted by molar-refractivity contribution is 7.90. The SMILES string of the molecule is CCCOc1cc(NCC2CCC(NS(=O)(=O)C(C)(C)CC)CC2)ccc1C(=O)OC. The smallest absolute Gasteiger partial charge is 0.341 e. The van der Waals surface area contributed by atoms with E-state index in [4.69, 9.17) is 9.47 Å². The van der Waals surface area contributed by atoms with Crippen LogP contribution in [0.3, 0.4) is 0 Å². The van der Waals surface area contributed by atoms with Crippen molar-refractivity contribution in [1.82, 2.24) is 4.72 Å². The van der Waals surface area contributed by atoms with Crippen molar-refractivity contribution in [1.29, 1.82) is 0 Å². The number of hydrogen-bond donors (Lipinski definition) is 2. The molecule has 8 heteroatoms. The lowest BCUT2D eigenvalue weighted by atomic mass is 9.86. The Hall–Kier alpha value is -1.80. The van der Waals surface area contributed by atoms with Crippen LogP contribution in [-0.2, 0) is 14.8 Å². The molecule has 176 valence electrons. The van der Waals surface area contributed by atoms with Crippen molar-refractivity contribution in [2.45, 2.75) is 77.0 Å². The Bertz CT molecular complexity index is 830. The molecular weight excluding hydrogens is 416 g/mol. The highest BCUT2D eigenvalue weighted by atomic mass is 32.2. The number of nitrogens with one attached hydrogen (secondary N) is 2. The van der Waals surface area contributed by atoms with Crippen molar-refractivity contribution < 1.29 is 22.7 Å². The third kappa shape index (κ3) is 6.84. The van der Waals surface area contributed by atoms with Gasteiger partial charge in [0, 0.05) is 24.3 Å². The summed E-state index contributed by atoms with van der Waals surface area (Å²) < 4.78 is 37.9. The van der Waals surface area contributed by atoms with E-state index >= 15 is 0 Å². The lowest BCUT2D eigenvalue weighted by Crippen LogP contribution is -2.47. The van der Waals surface area contributed by atoms with E-state index in [9.17, 15) is 13.2 Å². The highest BCUT2D eigenvalue weighted by Gasteiger charge is 2.35. The number of rotatable bonds is 11. The normalized spacial score (nSPS) is 19.6. The molecule has 0 saturated heterocycles. The lowest BCUT2D eigenvalue weighted by molar-refractivity contribution is 0.0596. The second-order valence-electron chi connectivity index (χ2n) is 8.88. The number of methoxy groups -OCH3 is 1. The summed E-state index contributed by atoms with van der Waals surface area (Å²) in [5, 5.41) is 3.44. The lowest BCUT2D eigenvalue weighted by Gasteiger charge is -2.32. The summed E-state index contributed by atoms with van der Waals surface area (Å²) in [5.74, 6) is 0.584. The second-order valence-corrected chi connectivity index (χ2v) is 11.2. The molecule has 1 aliphatic carbocycles. The standard InChI is InChI=1S/C23H38N2O5S/c1-6-14-30-21-15-19(12-13-20(21)22(26)29-5)24-16-17-8-10-18(11-9-17)25-31(27,28)23(3,4)7-2/h12-13,15,17-18,24-25H,6-11,14,16H2,1-5H3. The third-order valence-corrected chi connectivity index (χ3v) is 8.58. The first-order valence-corrected chi connectivity index (χ1v) is 12.7. The molecule has 1 saturated carbocycles. The quantitative estimate of drug-likeness (QED) is 0.483. The van der Waals surface area contributed by atoms with Crippen LogP contribution in [0.15, 0.2) is 18.2 Å². The van der Waals surface area contributed by atoms with Crippen LogP contribution in [0.2, 0.25) is 0 Å². The van der Waals surface area contributed by atoms with E-state index in [1.807, 2.05) is 26.0 Å². The van der Waals surface area contributed by atoms with Gasteiger partial charge in [-0.05, 0) is 70.4 Å². The van der Waals surface area contributed by atoms with E-state index in [-0.39, 0.29) is 6.04 Å². The van der Waals surface area contributed by atoms with Gasteiger partial charge in [-0.15, -0.1) is 0 Å². The Morgan fingerprint density at radius 3 is 2.42 bits per heavy atom. The minimum absolute atomic E-state index is 0.0143. The van der Waals surface area contributed by atoms with Gasteiger partial charge in [0.15, 0.2) is 0 Å². The van der Waals surface area contributed by atoms with Gasteiger partial charge in [0.05, 0.1) is 18.5 Å². The van der Waals surface area contributed by atoms with Crippen LogP contribution in [0.4, 0.5) is 5.69 Å². The number of carbonyl (C=O) groups is 1. The van der Waals surface area contributed by atoms with Crippen LogP contribution in [0, 0.1) is 5.92 Å². The van der Waals surface area contributed by atoms with Gasteiger partial charge < -0.3 is 14.8 Å². The van der Waals surface area contributed by atoms with Crippen LogP contribution in [-0.4, -0.2) is 45.4 Å². The van der Waals surface area contributed by atoms with Crippen molar-refractivity contribution in [3.05, 3.63) is 23.8 Å². The largest absolute Gasteiger partial charge is 0.493 e. The van der Waals surface area contributed by atoms with Crippen molar-refractivity contribution in [3.8, 4) is 5.75 Å². The van der Waals surface area contributed by atoms with Gasteiger partial charge in [-0.1, -0.05) is 13.8 Å². The molecule has 2 N–H and O–H groups in total. The van der Waals surface area contributed by atoms with Crippen LogP contribution in [0.1, 0.15) is 76.6 Å². The molecule has 0 spiro atoms. The average molecular weight is 455 g/mol. The fraction of sp³-hybridized carbons (Fsp3) is 0.696. The van der Waals surface area contributed by atoms with Crippen molar-refractivity contribution >= 4 is 21.7 Å². The molecule has 0 bridgehead atoms. The van der Waals surface area contributed by atoms with Gasteiger partial charge in [0.25, 0.3) is 0 Å². The summed E-state index contributed by atoms with van der Waals surface area (Å²) in [6, 6.07) is 5.44. The zero-order chi connectivity index (χ0) is 23.1. The zero-order valence-corrected chi connectivity index (χ0v) is 20.3. The van der Waals surface area contributed by atoms with Gasteiger partial charge in [0.1, 0.15) is 11.3 Å². The van der Waals surface area contributed by atoms with Gasteiger partial charge in [-0.2, -0.15) is 0 Å². The van der Waals surface area contributed by atoms with Gasteiger partial charge in [-0.25, -0.2) is 17.9 Å². The molecule has 1 aliphatic rings. The molecule has 0 amide bonds. The molecule has 0 atom stereocenters. The number of benzene rings is 1. The van der Waals surface area contributed by atoms with E-state index in [1.54, 1.807) is 19.9 Å². The number of carbonyl (C=O) groups excluding carboxylic acids is 1. The molecule has 1 aromatic rings. The first-order valence-electron chi connectivity index (χ1n) is 11.2. The summed E-state index contributed by atoms with van der Waals surface area (Å²) in [6.45, 7) is 8.79. The van der Waals surface area contributed by atoms with Crippen molar-refractivity contribution in [2.24, 2.45) is 5.92 Å². The Morgan fingerprint density at radius 1 is 1.16 bits per heavy atom. The van der Waals surface area contributed by atoms with E-state index < -0.39 is 20.7 Å². The van der Waals surface area contributed by atoms with Crippen molar-refractivity contribution in [2.75, 3.05) is 25.6 Å². The maximum atomic E-state index is 12.6. The minimum atomic E-state index is -3.33. The second kappa shape index (κ2) is 11.2. The van der Waals surface area contributed by atoms with Crippen LogP contribution < -0.4 is 14.8 Å². The first kappa shape index (κ1) is 25.5. The topological polar surface area (TPSA) is 93.7 Å². The molecule has 7 nitrogen and oxygen atoms in total. The summed E-state index contributed by atoms with van der Waals surface area (Å²) >= 11 is 0. The predicted molar refractivity (Wildman–Crippen MR) is 124 cm³/mol. The fourth-order valence-electron chi connectivity index (χ4n) is 3.56. The van der Waals surface area contributed by atoms with Gasteiger partial charge in [0.2, 0.25) is 10.0 Å². The van der Waals surface area contributed by atoms with Crippen LogP contribution >= 0.6 is 0 Å². The van der Waals surface area contributed by atoms with Crippen molar-refractivity contribution in [3.63, 3.8) is 0 Å². The molecule has 2 rings (SSSR count). The molecule has 0 aromatic heterocycles. The molecule has 0 unspecified atom stereocenters. The van der Waals surface area contributed by atoms with Crippen LogP contribution in [0.5, 0.6) is 5.75 Å². The number of sulfonamides is 1. The maximum Gasteiger partial charge on any atom is 0.341 e. The van der Waals surface area contributed by atoms with E-state index in [1.165, 1.54) is 7.11 Å². The number of esters is 1. The Morgan fingerprint density at radius 2 is 1.84 bits per heavy atom. The fourth-order valence-corrected chi connectivity index (χ4v) is 4.93. The van der Waals surface area contributed by atoms with E-state index in [2.05, 4.69) is 10.0 Å². The van der Waals surface area contributed by atoms with E-state index in [0.717, 1.165) is 44.3 Å². The number of anilines is 1. The average Bonchev–Trinajstić information content (AvgIpc) is 2.76. The summed E-state index contributed by atoms with van der Waals surface area (Å²) in [5.41, 5.74) is 1.32. The first-order chi connectivity index (χ1) is 14.6. The third-order valence-electron chi connectivity index (χ3n) is 6.19. The molecule has 31 heavy (non-hydrogen) atoms. The number of ether oxygens (including phenoxy) is 2.